The highest BCUT2D eigenvalue weighted by Gasteiger charge is 2.11. The third-order valence-corrected chi connectivity index (χ3v) is 1.96. The molecule has 0 unspecified atom stereocenters. The van der Waals surface area contributed by atoms with Crippen LogP contribution in [-0.2, 0) is 0 Å². The third-order valence-electron chi connectivity index (χ3n) is 1.45. The van der Waals surface area contributed by atoms with Gasteiger partial charge < -0.3 is 0 Å². The van der Waals surface area contributed by atoms with Crippen LogP contribution in [0.2, 0.25) is 5.02 Å². The molecule has 1 rings (SSSR count). The Morgan fingerprint density at radius 1 is 1.57 bits per heavy atom. The van der Waals surface area contributed by atoms with Gasteiger partial charge in [0.25, 0.3) is 5.69 Å². The van der Waals surface area contributed by atoms with Gasteiger partial charge >= 0.3 is 0 Å². The number of rotatable bonds is 1. The number of nitro benzene ring substituents is 1. The fourth-order valence-electron chi connectivity index (χ4n) is 0.890. The molecule has 0 radical (unpaired) electrons. The molecule has 0 saturated heterocycles. The van der Waals surface area contributed by atoms with E-state index in [1.165, 1.54) is 12.1 Å². The molecule has 1 aromatic carbocycles. The van der Waals surface area contributed by atoms with E-state index >= 15 is 0 Å². The van der Waals surface area contributed by atoms with Gasteiger partial charge in [-0.15, -0.1) is 0 Å². The van der Waals surface area contributed by atoms with Gasteiger partial charge in [-0.2, -0.15) is 0 Å². The van der Waals surface area contributed by atoms with Crippen molar-refractivity contribution in [2.45, 2.75) is 0 Å². The molecular weight excluding hydrogens is 269 g/mol. The van der Waals surface area contributed by atoms with Crippen LogP contribution in [0.1, 0.15) is 5.56 Å². The number of benzene rings is 1. The van der Waals surface area contributed by atoms with Crippen LogP contribution in [0.15, 0.2) is 18.2 Å². The van der Waals surface area contributed by atoms with Crippen molar-refractivity contribution in [2.24, 2.45) is 0 Å². The first-order valence-electron chi connectivity index (χ1n) is 3.64. The fourth-order valence-corrected chi connectivity index (χ4v) is 1.20. The molecule has 5 heteroatoms. The van der Waals surface area contributed by atoms with Crippen LogP contribution >= 0.6 is 27.5 Å². The average Bonchev–Trinajstić information content (AvgIpc) is 2.15. The Labute approximate surface area is 94.3 Å². The van der Waals surface area contributed by atoms with Gasteiger partial charge in [0.05, 0.1) is 10.3 Å². The van der Waals surface area contributed by atoms with E-state index in [-0.39, 0.29) is 5.69 Å². The summed E-state index contributed by atoms with van der Waals surface area (Å²) in [4.78, 5) is 10.1. The normalized spacial score (nSPS) is 9.00. The van der Waals surface area contributed by atoms with Crippen molar-refractivity contribution < 1.29 is 4.92 Å². The van der Waals surface area contributed by atoms with Gasteiger partial charge in [-0.25, -0.2) is 0 Å². The predicted octanol–water partition coefficient (Wildman–Crippen LogP) is 2.99. The Morgan fingerprint density at radius 3 is 2.86 bits per heavy atom. The summed E-state index contributed by atoms with van der Waals surface area (Å²) < 4.78 is 0. The second kappa shape index (κ2) is 4.99. The lowest BCUT2D eigenvalue weighted by atomic mass is 10.2. The van der Waals surface area contributed by atoms with Gasteiger partial charge in [0.15, 0.2) is 0 Å². The molecule has 72 valence electrons. The lowest BCUT2D eigenvalue weighted by Crippen LogP contribution is -1.91. The fraction of sp³-hybridized carbons (Fsp3) is 0.111. The minimum atomic E-state index is -0.496. The van der Waals surface area contributed by atoms with Crippen LogP contribution in [-0.4, -0.2) is 10.3 Å². The topological polar surface area (TPSA) is 43.1 Å². The zero-order valence-corrected chi connectivity index (χ0v) is 9.30. The molecule has 0 amide bonds. The molecule has 0 fully saturated rings. The number of hydrogen-bond acceptors (Lipinski definition) is 2. The smallest absolute Gasteiger partial charge is 0.258 e. The zero-order valence-electron chi connectivity index (χ0n) is 6.96. The molecule has 3 nitrogen and oxygen atoms in total. The van der Waals surface area contributed by atoms with Crippen molar-refractivity contribution in [3.8, 4) is 11.8 Å². The van der Waals surface area contributed by atoms with E-state index in [2.05, 4.69) is 27.8 Å². The maximum atomic E-state index is 10.6. The minimum Gasteiger partial charge on any atom is -0.258 e. The van der Waals surface area contributed by atoms with Gasteiger partial charge in [-0.1, -0.05) is 39.4 Å². The van der Waals surface area contributed by atoms with Crippen molar-refractivity contribution in [1.82, 2.24) is 0 Å². The van der Waals surface area contributed by atoms with Crippen LogP contribution in [0.25, 0.3) is 0 Å². The second-order valence-electron chi connectivity index (χ2n) is 2.35. The number of alkyl halides is 1. The van der Waals surface area contributed by atoms with Crippen molar-refractivity contribution in [3.05, 3.63) is 38.9 Å². The highest BCUT2D eigenvalue weighted by atomic mass is 79.9. The van der Waals surface area contributed by atoms with Crippen molar-refractivity contribution in [2.75, 3.05) is 5.33 Å². The molecule has 0 bridgehead atoms. The van der Waals surface area contributed by atoms with E-state index in [0.717, 1.165) is 0 Å². The van der Waals surface area contributed by atoms with Crippen molar-refractivity contribution >= 4 is 33.2 Å². The highest BCUT2D eigenvalue weighted by molar-refractivity contribution is 9.09. The number of halogens is 2. The van der Waals surface area contributed by atoms with E-state index < -0.39 is 4.92 Å². The van der Waals surface area contributed by atoms with Gasteiger partial charge in [0, 0.05) is 11.1 Å². The summed E-state index contributed by atoms with van der Waals surface area (Å²) in [6, 6.07) is 4.41. The average molecular weight is 275 g/mol. The lowest BCUT2D eigenvalue weighted by Gasteiger charge is -1.95. The second-order valence-corrected chi connectivity index (χ2v) is 3.35. The van der Waals surface area contributed by atoms with Crippen LogP contribution < -0.4 is 0 Å². The van der Waals surface area contributed by atoms with Crippen LogP contribution in [0, 0.1) is 22.0 Å². The summed E-state index contributed by atoms with van der Waals surface area (Å²) in [6.07, 6.45) is 0. The van der Waals surface area contributed by atoms with E-state index in [1.54, 1.807) is 6.07 Å². The maximum absolute atomic E-state index is 10.6. The molecule has 0 saturated carbocycles. The molecule has 0 aliphatic carbocycles. The van der Waals surface area contributed by atoms with Crippen LogP contribution in [0.5, 0.6) is 0 Å². The Balaban J connectivity index is 3.22. The quantitative estimate of drug-likeness (QED) is 0.342. The summed E-state index contributed by atoms with van der Waals surface area (Å²) in [5.74, 6) is 5.37. The van der Waals surface area contributed by atoms with E-state index in [0.29, 0.717) is 15.9 Å². The number of hydrogen-bond donors (Lipinski definition) is 0. The first-order chi connectivity index (χ1) is 6.65. The summed E-state index contributed by atoms with van der Waals surface area (Å²) >= 11 is 8.75. The molecule has 1 aromatic rings. The van der Waals surface area contributed by atoms with E-state index in [4.69, 9.17) is 11.6 Å². The molecule has 0 aromatic heterocycles. The van der Waals surface area contributed by atoms with Gasteiger partial charge in [-0.05, 0) is 12.1 Å². The standard InChI is InChI=1S/C9H5BrClNO2/c10-5-1-2-7-3-4-8(11)6-9(7)12(13)14/h3-4,6H,5H2. The van der Waals surface area contributed by atoms with Crippen molar-refractivity contribution in [3.63, 3.8) is 0 Å². The molecule has 0 atom stereocenters. The summed E-state index contributed by atoms with van der Waals surface area (Å²) in [7, 11) is 0. The molecule has 0 aliphatic heterocycles. The van der Waals surface area contributed by atoms with Crippen LogP contribution in [0.4, 0.5) is 5.69 Å². The third kappa shape index (κ3) is 2.72. The maximum Gasteiger partial charge on any atom is 0.286 e. The highest BCUT2D eigenvalue weighted by Crippen LogP contribution is 2.22. The molecule has 0 heterocycles. The zero-order chi connectivity index (χ0) is 10.6. The van der Waals surface area contributed by atoms with E-state index in [9.17, 15) is 10.1 Å². The molecule has 0 spiro atoms. The summed E-state index contributed by atoms with van der Waals surface area (Å²) in [5, 5.41) is 11.4. The molecule has 0 N–H and O–H groups in total. The van der Waals surface area contributed by atoms with Gasteiger partial charge in [-0.3, -0.25) is 10.1 Å². The summed E-state index contributed by atoms with van der Waals surface area (Å²) in [6.45, 7) is 0. The lowest BCUT2D eigenvalue weighted by molar-refractivity contribution is -0.385. The van der Waals surface area contributed by atoms with Gasteiger partial charge in [0.2, 0.25) is 0 Å². The Kier molecular flexibility index (Phi) is 3.93. The monoisotopic (exact) mass is 273 g/mol. The SMILES string of the molecule is O=[N+]([O-])c1cc(Cl)ccc1C#CCBr. The number of nitro groups is 1. The first kappa shape index (κ1) is 11.0. The Bertz CT molecular complexity index is 423. The Morgan fingerprint density at radius 2 is 2.29 bits per heavy atom. The number of nitrogens with zero attached hydrogens (tertiary/aromatic N) is 1. The molecule has 0 aliphatic rings. The molecule has 14 heavy (non-hydrogen) atoms. The Hall–Kier alpha value is -1.05. The van der Waals surface area contributed by atoms with Crippen molar-refractivity contribution in [1.29, 1.82) is 0 Å². The minimum absolute atomic E-state index is 0.0639. The largest absolute Gasteiger partial charge is 0.286 e. The summed E-state index contributed by atoms with van der Waals surface area (Å²) in [5.41, 5.74) is 0.310. The van der Waals surface area contributed by atoms with E-state index in [1.807, 2.05) is 0 Å². The first-order valence-corrected chi connectivity index (χ1v) is 5.14. The van der Waals surface area contributed by atoms with Gasteiger partial charge in [0.1, 0.15) is 5.56 Å². The predicted molar refractivity (Wildman–Crippen MR) is 58.8 cm³/mol. The van der Waals surface area contributed by atoms with Crippen LogP contribution in [0.3, 0.4) is 0 Å². The molecular formula is C9H5BrClNO2.